The maximum absolute atomic E-state index is 10.1. The van der Waals surface area contributed by atoms with Crippen LogP contribution < -0.4 is 0 Å². The van der Waals surface area contributed by atoms with Crippen molar-refractivity contribution in [2.75, 3.05) is 0 Å². The minimum atomic E-state index is -0.417. The van der Waals surface area contributed by atoms with Crippen molar-refractivity contribution in [2.45, 2.75) is 13.8 Å². The molecule has 41 valence electrons. The van der Waals surface area contributed by atoms with Gasteiger partial charge in [0.15, 0.2) is 0 Å². The van der Waals surface area contributed by atoms with E-state index < -0.39 is 5.92 Å². The zero-order valence-electron chi connectivity index (χ0n) is 5.47. The van der Waals surface area contributed by atoms with Gasteiger partial charge in [0.2, 0.25) is 0 Å². The maximum atomic E-state index is 10.1. The van der Waals surface area contributed by atoms with Gasteiger partial charge in [-0.1, -0.05) is 0 Å². The first-order valence-electron chi connectivity index (χ1n) is 2.14. The molecule has 0 heterocycles. The van der Waals surface area contributed by atoms with E-state index in [2.05, 4.69) is 0 Å². The molecule has 0 aromatic rings. The molecule has 0 aliphatic carbocycles. The van der Waals surface area contributed by atoms with Crippen molar-refractivity contribution in [2.24, 2.45) is 5.92 Å². The monoisotopic (exact) mass is 123 g/mol. The predicted octanol–water partition coefficient (Wildman–Crippen LogP) is 0.0296. The van der Waals surface area contributed by atoms with Crippen molar-refractivity contribution in [3.8, 4) is 0 Å². The van der Waals surface area contributed by atoms with Crippen molar-refractivity contribution < 1.29 is 9.59 Å². The summed E-state index contributed by atoms with van der Waals surface area (Å²) in [5.41, 5.74) is 0. The van der Waals surface area contributed by atoms with Gasteiger partial charge in [0.1, 0.15) is 12.1 Å². The zero-order valence-corrected chi connectivity index (χ0v) is 7.47. The molecule has 1 atom stereocenters. The first kappa shape index (κ1) is 11.2. The average molecular weight is 123 g/mol. The van der Waals surface area contributed by atoms with Crippen LogP contribution in [-0.4, -0.2) is 41.6 Å². The molecule has 0 saturated heterocycles. The number of ketones is 1. The van der Waals surface area contributed by atoms with E-state index in [0.29, 0.717) is 6.29 Å². The number of rotatable bonds is 2. The molecule has 0 amide bonds. The minimum Gasteiger partial charge on any atom is -0.303 e. The Hall–Kier alpha value is 0.340. The van der Waals surface area contributed by atoms with Crippen molar-refractivity contribution in [3.63, 3.8) is 0 Å². The second-order valence-corrected chi connectivity index (χ2v) is 1.54. The van der Waals surface area contributed by atoms with E-state index in [1.807, 2.05) is 0 Å². The van der Waals surface area contributed by atoms with Crippen LogP contribution in [0.2, 0.25) is 0 Å². The van der Waals surface area contributed by atoms with E-state index in [1.54, 1.807) is 6.92 Å². The number of aldehydes is 1. The molecule has 2 nitrogen and oxygen atoms in total. The Bertz CT molecular complexity index is 90.4. The Labute approximate surface area is 70.9 Å². The Kier molecular flexibility index (Phi) is 7.65. The molecular formula is C5H8NaO2. The fourth-order valence-corrected chi connectivity index (χ4v) is 0.0958. The number of hydrogen-bond acceptors (Lipinski definition) is 2. The number of carbonyl (C=O) groups is 2. The van der Waals surface area contributed by atoms with Crippen LogP contribution in [0.3, 0.4) is 0 Å². The molecule has 0 rings (SSSR count). The summed E-state index contributed by atoms with van der Waals surface area (Å²) in [5.74, 6) is -0.491. The summed E-state index contributed by atoms with van der Waals surface area (Å²) < 4.78 is 0. The van der Waals surface area contributed by atoms with Gasteiger partial charge >= 0.3 is 0 Å². The molecule has 0 aliphatic heterocycles. The Morgan fingerprint density at radius 3 is 2.00 bits per heavy atom. The predicted molar refractivity (Wildman–Crippen MR) is 31.7 cm³/mol. The first-order valence-corrected chi connectivity index (χ1v) is 2.14. The van der Waals surface area contributed by atoms with Gasteiger partial charge in [-0.25, -0.2) is 0 Å². The molecule has 0 spiro atoms. The van der Waals surface area contributed by atoms with E-state index >= 15 is 0 Å². The number of carbonyl (C=O) groups excluding carboxylic acids is 2. The van der Waals surface area contributed by atoms with Gasteiger partial charge in [-0.15, -0.1) is 0 Å². The minimum absolute atomic E-state index is 0. The summed E-state index contributed by atoms with van der Waals surface area (Å²) in [5, 5.41) is 0. The van der Waals surface area contributed by atoms with Crippen molar-refractivity contribution in [1.82, 2.24) is 0 Å². The van der Waals surface area contributed by atoms with Gasteiger partial charge in [0.05, 0.1) is 5.92 Å². The van der Waals surface area contributed by atoms with E-state index in [9.17, 15) is 9.59 Å². The quantitative estimate of drug-likeness (QED) is 0.295. The number of hydrogen-bond donors (Lipinski definition) is 0. The molecule has 1 unspecified atom stereocenters. The molecule has 8 heavy (non-hydrogen) atoms. The smallest absolute Gasteiger partial charge is 0.139 e. The second-order valence-electron chi connectivity index (χ2n) is 1.54. The molecule has 0 aliphatic rings. The van der Waals surface area contributed by atoms with E-state index in [-0.39, 0.29) is 35.3 Å². The van der Waals surface area contributed by atoms with Crippen LogP contribution in [0.25, 0.3) is 0 Å². The molecule has 3 heteroatoms. The van der Waals surface area contributed by atoms with E-state index in [1.165, 1.54) is 6.92 Å². The molecule has 0 bridgehead atoms. The van der Waals surface area contributed by atoms with Crippen LogP contribution in [0.5, 0.6) is 0 Å². The zero-order chi connectivity index (χ0) is 5.86. The average Bonchev–Trinajstić information content (AvgIpc) is 1.65. The van der Waals surface area contributed by atoms with Gasteiger partial charge in [-0.05, 0) is 13.8 Å². The van der Waals surface area contributed by atoms with Gasteiger partial charge in [0.25, 0.3) is 0 Å². The van der Waals surface area contributed by atoms with Crippen LogP contribution in [-0.2, 0) is 9.59 Å². The maximum Gasteiger partial charge on any atom is 0.139 e. The van der Waals surface area contributed by atoms with Crippen LogP contribution in [0.15, 0.2) is 0 Å². The van der Waals surface area contributed by atoms with Crippen LogP contribution >= 0.6 is 0 Å². The largest absolute Gasteiger partial charge is 0.303 e. The van der Waals surface area contributed by atoms with Crippen LogP contribution in [0, 0.1) is 5.92 Å². The number of Topliss-reactive ketones (excluding diaryl/α,β-unsaturated/α-hetero) is 1. The summed E-state index contributed by atoms with van der Waals surface area (Å²) in [6, 6.07) is 0. The third-order valence-corrected chi connectivity index (χ3v) is 0.845. The molecule has 0 aromatic heterocycles. The third kappa shape index (κ3) is 4.50. The van der Waals surface area contributed by atoms with Crippen molar-refractivity contribution in [3.05, 3.63) is 0 Å². The molecule has 0 saturated carbocycles. The summed E-state index contributed by atoms with van der Waals surface area (Å²) in [6.07, 6.45) is 0.641. The van der Waals surface area contributed by atoms with Gasteiger partial charge in [-0.3, -0.25) is 4.79 Å². The third-order valence-electron chi connectivity index (χ3n) is 0.845. The Morgan fingerprint density at radius 2 is 2.00 bits per heavy atom. The fourth-order valence-electron chi connectivity index (χ4n) is 0.0958. The van der Waals surface area contributed by atoms with Crippen LogP contribution in [0.4, 0.5) is 0 Å². The Balaban J connectivity index is 0. The SMILES string of the molecule is CC(=O)C(C)C=O.[Na]. The molecule has 1 radical (unpaired) electrons. The first-order chi connectivity index (χ1) is 3.18. The normalized spacial score (nSPS) is 11.2. The van der Waals surface area contributed by atoms with Gasteiger partial charge in [-0.2, -0.15) is 0 Å². The van der Waals surface area contributed by atoms with Gasteiger partial charge in [0, 0.05) is 29.6 Å². The van der Waals surface area contributed by atoms with Crippen molar-refractivity contribution in [1.29, 1.82) is 0 Å². The summed E-state index contributed by atoms with van der Waals surface area (Å²) in [7, 11) is 0. The second kappa shape index (κ2) is 5.48. The molecule has 0 aromatic carbocycles. The van der Waals surface area contributed by atoms with Gasteiger partial charge < -0.3 is 4.79 Å². The van der Waals surface area contributed by atoms with Crippen LogP contribution in [0.1, 0.15) is 13.8 Å². The van der Waals surface area contributed by atoms with Crippen molar-refractivity contribution >= 4 is 41.6 Å². The summed E-state index contributed by atoms with van der Waals surface area (Å²) >= 11 is 0. The fraction of sp³-hybridized carbons (Fsp3) is 0.600. The summed E-state index contributed by atoms with van der Waals surface area (Å²) in [6.45, 7) is 2.98. The Morgan fingerprint density at radius 1 is 1.62 bits per heavy atom. The molecular weight excluding hydrogens is 115 g/mol. The molecule has 0 N–H and O–H groups in total. The van der Waals surface area contributed by atoms with E-state index in [4.69, 9.17) is 0 Å². The summed E-state index contributed by atoms with van der Waals surface area (Å²) in [4.78, 5) is 19.9. The standard InChI is InChI=1S/C5H8O2.Na/c1-4(3-6)5(2)7;/h3-4H,1-2H3;. The van der Waals surface area contributed by atoms with E-state index in [0.717, 1.165) is 0 Å². The topological polar surface area (TPSA) is 34.1 Å². The molecule has 0 fully saturated rings.